The van der Waals surface area contributed by atoms with E-state index in [0.29, 0.717) is 6.04 Å². The fraction of sp³-hybridized carbons (Fsp3) is 0.538. The highest BCUT2D eigenvalue weighted by molar-refractivity contribution is 5.30. The van der Waals surface area contributed by atoms with Crippen LogP contribution >= 0.6 is 0 Å². The Hall–Kier alpha value is -1.06. The average molecular weight is 222 g/mol. The molecule has 1 rings (SSSR count). The van der Waals surface area contributed by atoms with E-state index >= 15 is 0 Å². The number of hydrogen-bond acceptors (Lipinski definition) is 3. The van der Waals surface area contributed by atoms with Crippen LogP contribution in [0.3, 0.4) is 0 Å². The summed E-state index contributed by atoms with van der Waals surface area (Å²) in [5.74, 6) is 0.916. The van der Waals surface area contributed by atoms with Crippen LogP contribution in [-0.2, 0) is 0 Å². The fourth-order valence-electron chi connectivity index (χ4n) is 1.53. The van der Waals surface area contributed by atoms with E-state index in [0.717, 1.165) is 18.8 Å². The Morgan fingerprint density at radius 1 is 1.38 bits per heavy atom. The van der Waals surface area contributed by atoms with Gasteiger partial charge in [-0.15, -0.1) is 0 Å². The minimum atomic E-state index is 0.357. The summed E-state index contributed by atoms with van der Waals surface area (Å²) in [6, 6.07) is 8.55. The Kier molecular flexibility index (Phi) is 5.29. The Bertz CT molecular complexity index is 313. The molecule has 1 aromatic carbocycles. The molecule has 0 aromatic heterocycles. The molecule has 1 aromatic rings. The van der Waals surface area contributed by atoms with E-state index in [1.165, 1.54) is 5.56 Å². The van der Waals surface area contributed by atoms with Crippen LogP contribution in [0.5, 0.6) is 5.75 Å². The van der Waals surface area contributed by atoms with E-state index in [-0.39, 0.29) is 0 Å². The second-order valence-corrected chi connectivity index (χ2v) is 4.26. The van der Waals surface area contributed by atoms with Crippen molar-refractivity contribution in [1.82, 2.24) is 10.2 Å². The molecule has 0 heterocycles. The third-order valence-corrected chi connectivity index (χ3v) is 2.60. The molecule has 0 saturated carbocycles. The maximum Gasteiger partial charge on any atom is 0.119 e. The van der Waals surface area contributed by atoms with Crippen molar-refractivity contribution in [2.24, 2.45) is 0 Å². The van der Waals surface area contributed by atoms with Gasteiger partial charge in [0.25, 0.3) is 0 Å². The maximum absolute atomic E-state index is 5.21. The summed E-state index contributed by atoms with van der Waals surface area (Å²) in [7, 11) is 5.86. The third kappa shape index (κ3) is 4.21. The van der Waals surface area contributed by atoms with E-state index in [1.54, 1.807) is 7.11 Å². The zero-order valence-corrected chi connectivity index (χ0v) is 10.7. The van der Waals surface area contributed by atoms with Crippen molar-refractivity contribution in [1.29, 1.82) is 0 Å². The van der Waals surface area contributed by atoms with Gasteiger partial charge in [0.2, 0.25) is 0 Å². The lowest BCUT2D eigenvalue weighted by molar-refractivity contribution is 0.388. The first-order valence-electron chi connectivity index (χ1n) is 5.65. The van der Waals surface area contributed by atoms with Gasteiger partial charge in [-0.1, -0.05) is 12.1 Å². The topological polar surface area (TPSA) is 24.5 Å². The van der Waals surface area contributed by atoms with E-state index in [4.69, 9.17) is 4.74 Å². The van der Waals surface area contributed by atoms with Gasteiger partial charge in [0.15, 0.2) is 0 Å². The van der Waals surface area contributed by atoms with Crippen LogP contribution in [0.25, 0.3) is 0 Å². The predicted molar refractivity (Wildman–Crippen MR) is 68.0 cm³/mol. The number of rotatable bonds is 6. The van der Waals surface area contributed by atoms with Gasteiger partial charge >= 0.3 is 0 Å². The number of hydrogen-bond donors (Lipinski definition) is 1. The zero-order valence-electron chi connectivity index (χ0n) is 10.7. The van der Waals surface area contributed by atoms with Gasteiger partial charge in [-0.05, 0) is 38.7 Å². The summed E-state index contributed by atoms with van der Waals surface area (Å²) in [5, 5.41) is 3.48. The molecule has 0 aliphatic carbocycles. The minimum absolute atomic E-state index is 0.357. The lowest BCUT2D eigenvalue weighted by Gasteiger charge is -2.17. The Morgan fingerprint density at radius 2 is 2.12 bits per heavy atom. The third-order valence-electron chi connectivity index (χ3n) is 2.60. The molecule has 1 N–H and O–H groups in total. The van der Waals surface area contributed by atoms with Gasteiger partial charge < -0.3 is 15.0 Å². The van der Waals surface area contributed by atoms with Crippen LogP contribution in [0.15, 0.2) is 24.3 Å². The van der Waals surface area contributed by atoms with E-state index < -0.39 is 0 Å². The summed E-state index contributed by atoms with van der Waals surface area (Å²) >= 11 is 0. The molecule has 3 nitrogen and oxygen atoms in total. The Labute approximate surface area is 98.4 Å². The molecule has 3 heteroatoms. The number of benzene rings is 1. The van der Waals surface area contributed by atoms with Crippen LogP contribution in [0.1, 0.15) is 18.5 Å². The van der Waals surface area contributed by atoms with Crippen molar-refractivity contribution in [3.05, 3.63) is 29.8 Å². The monoisotopic (exact) mass is 222 g/mol. The number of ether oxygens (including phenoxy) is 1. The maximum atomic E-state index is 5.21. The van der Waals surface area contributed by atoms with Crippen LogP contribution in [0.2, 0.25) is 0 Å². The number of nitrogens with one attached hydrogen (secondary N) is 1. The smallest absolute Gasteiger partial charge is 0.119 e. The minimum Gasteiger partial charge on any atom is -0.497 e. The summed E-state index contributed by atoms with van der Waals surface area (Å²) in [5.41, 5.74) is 1.26. The van der Waals surface area contributed by atoms with Gasteiger partial charge in [-0.25, -0.2) is 0 Å². The van der Waals surface area contributed by atoms with E-state index in [9.17, 15) is 0 Å². The lowest BCUT2D eigenvalue weighted by Crippen LogP contribution is -2.28. The highest BCUT2D eigenvalue weighted by atomic mass is 16.5. The normalized spacial score (nSPS) is 12.8. The van der Waals surface area contributed by atoms with Gasteiger partial charge in [-0.3, -0.25) is 0 Å². The number of methoxy groups -OCH3 is 1. The van der Waals surface area contributed by atoms with Gasteiger partial charge in [0.05, 0.1) is 7.11 Å². The molecule has 0 aliphatic rings. The Balaban J connectivity index is 2.48. The van der Waals surface area contributed by atoms with Crippen molar-refractivity contribution in [2.45, 2.75) is 13.0 Å². The summed E-state index contributed by atoms with van der Waals surface area (Å²) in [4.78, 5) is 2.17. The van der Waals surface area contributed by atoms with Gasteiger partial charge in [0.1, 0.15) is 5.75 Å². The standard InChI is InChI=1S/C13H22N2O/c1-11(14-8-9-15(2)3)12-6-5-7-13(10-12)16-4/h5-7,10-11,14H,8-9H2,1-4H3/t11-/m0/s1. The molecule has 0 fully saturated rings. The largest absolute Gasteiger partial charge is 0.497 e. The van der Waals surface area contributed by atoms with Crippen molar-refractivity contribution >= 4 is 0 Å². The van der Waals surface area contributed by atoms with Crippen molar-refractivity contribution < 1.29 is 4.74 Å². The Morgan fingerprint density at radius 3 is 2.75 bits per heavy atom. The van der Waals surface area contributed by atoms with Gasteiger partial charge in [0, 0.05) is 19.1 Å². The van der Waals surface area contributed by atoms with Crippen molar-refractivity contribution in [3.8, 4) is 5.75 Å². The SMILES string of the molecule is COc1cccc([C@H](C)NCCN(C)C)c1. The first-order valence-corrected chi connectivity index (χ1v) is 5.65. The van der Waals surface area contributed by atoms with Crippen LogP contribution < -0.4 is 10.1 Å². The molecule has 0 aliphatic heterocycles. The molecule has 0 amide bonds. The molecule has 0 radical (unpaired) electrons. The average Bonchev–Trinajstić information content (AvgIpc) is 2.28. The van der Waals surface area contributed by atoms with E-state index in [1.807, 2.05) is 12.1 Å². The molecule has 0 spiro atoms. The molecular formula is C13H22N2O. The zero-order chi connectivity index (χ0) is 12.0. The molecule has 0 bridgehead atoms. The quantitative estimate of drug-likeness (QED) is 0.795. The number of nitrogens with zero attached hydrogens (tertiary/aromatic N) is 1. The van der Waals surface area contributed by atoms with Gasteiger partial charge in [-0.2, -0.15) is 0 Å². The lowest BCUT2D eigenvalue weighted by atomic mass is 10.1. The molecule has 1 atom stereocenters. The first-order chi connectivity index (χ1) is 7.63. The van der Waals surface area contributed by atoms with E-state index in [2.05, 4.69) is 43.4 Å². The second-order valence-electron chi connectivity index (χ2n) is 4.26. The second kappa shape index (κ2) is 6.51. The highest BCUT2D eigenvalue weighted by Gasteiger charge is 2.05. The molecule has 0 unspecified atom stereocenters. The highest BCUT2D eigenvalue weighted by Crippen LogP contribution is 2.18. The summed E-state index contributed by atoms with van der Waals surface area (Å²) in [6.07, 6.45) is 0. The first kappa shape index (κ1) is 13.0. The van der Waals surface area contributed by atoms with Crippen LogP contribution in [0, 0.1) is 0 Å². The molecule has 16 heavy (non-hydrogen) atoms. The molecular weight excluding hydrogens is 200 g/mol. The predicted octanol–water partition coefficient (Wildman–Crippen LogP) is 1.91. The molecule has 0 saturated heterocycles. The summed E-state index contributed by atoms with van der Waals surface area (Å²) < 4.78 is 5.21. The number of likely N-dealkylation sites (N-methyl/N-ethyl adjacent to an activating group) is 1. The van der Waals surface area contributed by atoms with Crippen molar-refractivity contribution in [3.63, 3.8) is 0 Å². The van der Waals surface area contributed by atoms with Crippen LogP contribution in [0.4, 0.5) is 0 Å². The van der Waals surface area contributed by atoms with Crippen molar-refractivity contribution in [2.75, 3.05) is 34.3 Å². The molecule has 90 valence electrons. The fourth-order valence-corrected chi connectivity index (χ4v) is 1.53. The summed E-state index contributed by atoms with van der Waals surface area (Å²) in [6.45, 7) is 4.21. The van der Waals surface area contributed by atoms with Crippen LogP contribution in [-0.4, -0.2) is 39.2 Å².